The minimum absolute atomic E-state index is 0. The van der Waals surface area contributed by atoms with Crippen molar-refractivity contribution in [1.82, 2.24) is 20.4 Å². The normalized spacial score (nSPS) is 16.4. The van der Waals surface area contributed by atoms with E-state index in [1.54, 1.807) is 25.1 Å². The van der Waals surface area contributed by atoms with Gasteiger partial charge >= 0.3 is 0 Å². The molecular formula is C21H35ClIN5O2. The number of hydrogen-bond donors (Lipinski definition) is 2. The fourth-order valence-corrected chi connectivity index (χ4v) is 3.29. The topological polar surface area (TPSA) is 69.2 Å². The van der Waals surface area contributed by atoms with E-state index in [2.05, 4.69) is 27.4 Å². The predicted molar refractivity (Wildman–Crippen MR) is 134 cm³/mol. The minimum atomic E-state index is -0.0668. The molecule has 1 aliphatic heterocycles. The minimum Gasteiger partial charge on any atom is -0.489 e. The summed E-state index contributed by atoms with van der Waals surface area (Å²) < 4.78 is 5.89. The van der Waals surface area contributed by atoms with Crippen molar-refractivity contribution in [3.63, 3.8) is 0 Å². The Hall–Kier alpha value is -1.26. The van der Waals surface area contributed by atoms with E-state index >= 15 is 0 Å². The van der Waals surface area contributed by atoms with Crippen molar-refractivity contribution < 1.29 is 9.53 Å². The van der Waals surface area contributed by atoms with Crippen molar-refractivity contribution >= 4 is 47.4 Å². The maximum atomic E-state index is 11.9. The van der Waals surface area contributed by atoms with E-state index in [1.807, 2.05) is 25.1 Å². The molecule has 2 N–H and O–H groups in total. The molecule has 7 nitrogen and oxygen atoms in total. The molecule has 0 bridgehead atoms. The second-order valence-corrected chi connectivity index (χ2v) is 8.02. The third kappa shape index (κ3) is 9.70. The summed E-state index contributed by atoms with van der Waals surface area (Å²) in [5, 5.41) is 7.49. The lowest BCUT2D eigenvalue weighted by Crippen LogP contribution is -2.50. The number of halogens is 2. The molecule has 0 aromatic heterocycles. The second-order valence-electron chi connectivity index (χ2n) is 7.59. The van der Waals surface area contributed by atoms with E-state index in [-0.39, 0.29) is 36.0 Å². The Labute approximate surface area is 202 Å². The number of likely N-dealkylation sites (tertiary alicyclic amines) is 1. The van der Waals surface area contributed by atoms with E-state index in [4.69, 9.17) is 16.3 Å². The molecule has 1 heterocycles. The van der Waals surface area contributed by atoms with Gasteiger partial charge in [-0.1, -0.05) is 17.7 Å². The van der Waals surface area contributed by atoms with Crippen LogP contribution in [-0.4, -0.2) is 80.6 Å². The molecule has 1 aromatic rings. The van der Waals surface area contributed by atoms with Gasteiger partial charge in [-0.05, 0) is 44.9 Å². The third-order valence-corrected chi connectivity index (χ3v) is 5.01. The largest absolute Gasteiger partial charge is 0.489 e. The van der Waals surface area contributed by atoms with E-state index < -0.39 is 0 Å². The van der Waals surface area contributed by atoms with Crippen LogP contribution in [0.4, 0.5) is 0 Å². The Morgan fingerprint density at radius 1 is 1.37 bits per heavy atom. The molecule has 1 aliphatic rings. The number of likely N-dealkylation sites (N-methyl/N-ethyl adjacent to an activating group) is 1. The monoisotopic (exact) mass is 551 g/mol. The van der Waals surface area contributed by atoms with Crippen molar-refractivity contribution in [2.45, 2.75) is 38.8 Å². The molecule has 1 aromatic carbocycles. The summed E-state index contributed by atoms with van der Waals surface area (Å²) in [6.07, 6.45) is 1.90. The average molecular weight is 552 g/mol. The number of carbonyl (C=O) groups excluding carboxylic acids is 1. The summed E-state index contributed by atoms with van der Waals surface area (Å²) in [5.74, 6) is 1.70. The SMILES string of the molecule is CCNC(=NCC(C)Oc1cccc(Cl)c1)NC1CCN(CC(=O)N(C)C)CC1.I. The molecular weight excluding hydrogens is 517 g/mol. The second kappa shape index (κ2) is 13.9. The van der Waals surface area contributed by atoms with E-state index in [1.165, 1.54) is 0 Å². The number of benzene rings is 1. The molecule has 1 amide bonds. The number of rotatable bonds is 8. The summed E-state index contributed by atoms with van der Waals surface area (Å²) >= 11 is 6.01. The number of nitrogens with zero attached hydrogens (tertiary/aromatic N) is 3. The molecule has 170 valence electrons. The Bertz CT molecular complexity index is 681. The first-order chi connectivity index (χ1) is 13.9. The maximum Gasteiger partial charge on any atom is 0.236 e. The van der Waals surface area contributed by atoms with Gasteiger partial charge in [0.25, 0.3) is 0 Å². The van der Waals surface area contributed by atoms with Crippen molar-refractivity contribution in [3.8, 4) is 5.75 Å². The number of amides is 1. The number of hydrogen-bond acceptors (Lipinski definition) is 4. The van der Waals surface area contributed by atoms with E-state index in [0.717, 1.165) is 44.2 Å². The van der Waals surface area contributed by atoms with Crippen LogP contribution >= 0.6 is 35.6 Å². The fourth-order valence-electron chi connectivity index (χ4n) is 3.11. The highest BCUT2D eigenvalue weighted by molar-refractivity contribution is 14.0. The average Bonchev–Trinajstić information content (AvgIpc) is 2.67. The van der Waals surface area contributed by atoms with Gasteiger partial charge in [-0.15, -0.1) is 24.0 Å². The first-order valence-corrected chi connectivity index (χ1v) is 10.6. The Morgan fingerprint density at radius 2 is 2.07 bits per heavy atom. The van der Waals surface area contributed by atoms with E-state index in [9.17, 15) is 4.79 Å². The Balaban J connectivity index is 0.00000450. The molecule has 0 aliphatic carbocycles. The highest BCUT2D eigenvalue weighted by Crippen LogP contribution is 2.18. The van der Waals surface area contributed by atoms with Crippen LogP contribution in [0.3, 0.4) is 0 Å². The van der Waals surface area contributed by atoms with Gasteiger partial charge in [-0.2, -0.15) is 0 Å². The summed E-state index contributed by atoms with van der Waals surface area (Å²) in [4.78, 5) is 20.4. The lowest BCUT2D eigenvalue weighted by atomic mass is 10.1. The highest BCUT2D eigenvalue weighted by Gasteiger charge is 2.22. The zero-order valence-corrected chi connectivity index (χ0v) is 21.4. The molecule has 9 heteroatoms. The van der Waals surface area contributed by atoms with Gasteiger partial charge in [0.15, 0.2) is 5.96 Å². The number of guanidine groups is 1. The molecule has 0 saturated carbocycles. The van der Waals surface area contributed by atoms with Gasteiger partial charge < -0.3 is 20.3 Å². The van der Waals surface area contributed by atoms with Gasteiger partial charge in [0, 0.05) is 44.8 Å². The zero-order valence-electron chi connectivity index (χ0n) is 18.4. The number of carbonyl (C=O) groups is 1. The Morgan fingerprint density at radius 3 is 2.67 bits per heavy atom. The van der Waals surface area contributed by atoms with Crippen LogP contribution in [-0.2, 0) is 4.79 Å². The third-order valence-electron chi connectivity index (χ3n) is 4.77. The predicted octanol–water partition coefficient (Wildman–Crippen LogP) is 2.83. The molecule has 1 unspecified atom stereocenters. The lowest BCUT2D eigenvalue weighted by Gasteiger charge is -2.33. The van der Waals surface area contributed by atoms with Crippen molar-refractivity contribution in [2.75, 3.05) is 46.8 Å². The van der Waals surface area contributed by atoms with Crippen molar-refractivity contribution in [1.29, 1.82) is 0 Å². The van der Waals surface area contributed by atoms with Crippen molar-refractivity contribution in [3.05, 3.63) is 29.3 Å². The first-order valence-electron chi connectivity index (χ1n) is 10.3. The molecule has 1 saturated heterocycles. The van der Waals surface area contributed by atoms with Crippen LogP contribution in [0.25, 0.3) is 0 Å². The summed E-state index contributed by atoms with van der Waals surface area (Å²) in [7, 11) is 3.60. The quantitative estimate of drug-likeness (QED) is 0.295. The number of aliphatic imine (C=N–C) groups is 1. The highest BCUT2D eigenvalue weighted by atomic mass is 127. The first kappa shape index (κ1) is 26.8. The standard InChI is InChI=1S/C21H34ClN5O2.HI/c1-5-23-21(24-14-16(2)29-19-8-6-7-17(22)13-19)25-18-9-11-27(12-10-18)15-20(28)26(3)4;/h6-8,13,16,18H,5,9-12,14-15H2,1-4H3,(H2,23,24,25);1H. The summed E-state index contributed by atoms with van der Waals surface area (Å²) in [6.45, 7) is 7.69. The van der Waals surface area contributed by atoms with Crippen LogP contribution in [0, 0.1) is 0 Å². The lowest BCUT2D eigenvalue weighted by molar-refractivity contribution is -0.130. The van der Waals surface area contributed by atoms with Crippen LogP contribution < -0.4 is 15.4 Å². The van der Waals surface area contributed by atoms with Gasteiger partial charge in [0.05, 0.1) is 13.1 Å². The zero-order chi connectivity index (χ0) is 21.2. The van der Waals surface area contributed by atoms with Gasteiger partial charge in [-0.3, -0.25) is 9.69 Å². The molecule has 0 spiro atoms. The van der Waals surface area contributed by atoms with Crippen LogP contribution in [0.1, 0.15) is 26.7 Å². The summed E-state index contributed by atoms with van der Waals surface area (Å²) in [5.41, 5.74) is 0. The van der Waals surface area contributed by atoms with Crippen molar-refractivity contribution in [2.24, 2.45) is 4.99 Å². The number of nitrogens with one attached hydrogen (secondary N) is 2. The maximum absolute atomic E-state index is 11.9. The molecule has 1 atom stereocenters. The molecule has 30 heavy (non-hydrogen) atoms. The number of piperidine rings is 1. The van der Waals surface area contributed by atoms with Crippen LogP contribution in [0.5, 0.6) is 5.75 Å². The molecule has 2 rings (SSSR count). The van der Waals surface area contributed by atoms with Gasteiger partial charge in [0.2, 0.25) is 5.91 Å². The van der Waals surface area contributed by atoms with Crippen LogP contribution in [0.15, 0.2) is 29.3 Å². The number of ether oxygens (including phenoxy) is 1. The fraction of sp³-hybridized carbons (Fsp3) is 0.619. The summed E-state index contributed by atoms with van der Waals surface area (Å²) in [6, 6.07) is 7.75. The van der Waals surface area contributed by atoms with Gasteiger partial charge in [0.1, 0.15) is 11.9 Å². The molecule has 1 fully saturated rings. The van der Waals surface area contributed by atoms with E-state index in [0.29, 0.717) is 24.2 Å². The Kier molecular flexibility index (Phi) is 12.4. The molecule has 0 radical (unpaired) electrons. The van der Waals surface area contributed by atoms with Gasteiger partial charge in [-0.25, -0.2) is 4.99 Å². The van der Waals surface area contributed by atoms with Crippen LogP contribution in [0.2, 0.25) is 5.02 Å². The smallest absolute Gasteiger partial charge is 0.236 e.